The van der Waals surface area contributed by atoms with E-state index in [9.17, 15) is 9.90 Å². The van der Waals surface area contributed by atoms with Crippen LogP contribution in [0.15, 0.2) is 47.6 Å². The lowest BCUT2D eigenvalue weighted by Gasteiger charge is -2.11. The van der Waals surface area contributed by atoms with Crippen LogP contribution in [0.25, 0.3) is 10.2 Å². The number of amides is 1. The molecule has 0 radical (unpaired) electrons. The molecule has 1 heterocycles. The van der Waals surface area contributed by atoms with Crippen molar-refractivity contribution in [2.45, 2.75) is 19.9 Å². The molecule has 0 spiro atoms. The van der Waals surface area contributed by atoms with Crippen LogP contribution >= 0.6 is 22.9 Å². The van der Waals surface area contributed by atoms with Crippen molar-refractivity contribution in [1.82, 2.24) is 10.4 Å². The highest BCUT2D eigenvalue weighted by molar-refractivity contribution is 7.22. The van der Waals surface area contributed by atoms with Gasteiger partial charge in [-0.1, -0.05) is 35.1 Å². The summed E-state index contributed by atoms with van der Waals surface area (Å²) in [5.74, 6) is -0.268. The minimum atomic E-state index is -0.528. The molecule has 0 aliphatic rings. The molecule has 1 amide bonds. The Hall–Kier alpha value is -2.64. The van der Waals surface area contributed by atoms with Crippen molar-refractivity contribution in [3.8, 4) is 5.75 Å². The number of anilines is 1. The normalized spacial score (nSPS) is 12.8. The number of hydrazone groups is 1. The van der Waals surface area contributed by atoms with Crippen molar-refractivity contribution in [2.75, 3.05) is 5.32 Å². The van der Waals surface area contributed by atoms with Gasteiger partial charge in [0.2, 0.25) is 0 Å². The average Bonchev–Trinajstić information content (AvgIpc) is 3.03. The number of fused-ring (bicyclic) bond motifs is 1. The number of aromatic hydroxyl groups is 1. The van der Waals surface area contributed by atoms with Gasteiger partial charge in [0.05, 0.1) is 15.9 Å². The Morgan fingerprint density at radius 2 is 2.08 bits per heavy atom. The second-order valence-corrected chi connectivity index (χ2v) is 7.15. The van der Waals surface area contributed by atoms with Gasteiger partial charge in [-0.15, -0.1) is 0 Å². The molecule has 0 bridgehead atoms. The highest BCUT2D eigenvalue weighted by Gasteiger charge is 2.15. The lowest BCUT2D eigenvalue weighted by molar-refractivity contribution is -0.121. The molecule has 3 N–H and O–H groups in total. The number of rotatable bonds is 5. The Kier molecular flexibility index (Phi) is 5.39. The van der Waals surface area contributed by atoms with Gasteiger partial charge in [-0.05, 0) is 44.2 Å². The van der Waals surface area contributed by atoms with Crippen LogP contribution in [0, 0.1) is 0 Å². The summed E-state index contributed by atoms with van der Waals surface area (Å²) in [6, 6.07) is 11.9. The van der Waals surface area contributed by atoms with Crippen LogP contribution in [0.4, 0.5) is 5.13 Å². The third-order valence-electron chi connectivity index (χ3n) is 3.71. The van der Waals surface area contributed by atoms with E-state index in [0.717, 1.165) is 10.2 Å². The number of aromatic nitrogens is 1. The zero-order chi connectivity index (χ0) is 18.7. The quantitative estimate of drug-likeness (QED) is 0.455. The molecule has 0 saturated carbocycles. The van der Waals surface area contributed by atoms with E-state index in [1.54, 1.807) is 26.0 Å². The van der Waals surface area contributed by atoms with Gasteiger partial charge in [-0.25, -0.2) is 10.4 Å². The number of nitrogens with one attached hydrogen (secondary N) is 2. The fourth-order valence-electron chi connectivity index (χ4n) is 2.28. The average molecular weight is 389 g/mol. The predicted octanol–water partition coefficient (Wildman–Crippen LogP) is 4.00. The SMILES string of the molecule is C/C(=N\NC(=O)[C@H](C)Nc1nc2ccccc2s1)c1cc(Cl)ccc1O. The fraction of sp³-hybridized carbons (Fsp3) is 0.167. The smallest absolute Gasteiger partial charge is 0.262 e. The number of halogens is 1. The minimum Gasteiger partial charge on any atom is -0.507 e. The number of phenolic OH excluding ortho intramolecular Hbond substituents is 1. The van der Waals surface area contributed by atoms with Crippen LogP contribution in [0.1, 0.15) is 19.4 Å². The molecule has 3 aromatic rings. The second kappa shape index (κ2) is 7.72. The van der Waals surface area contributed by atoms with E-state index in [4.69, 9.17) is 11.6 Å². The maximum atomic E-state index is 12.3. The number of para-hydroxylation sites is 1. The van der Waals surface area contributed by atoms with Crippen LogP contribution < -0.4 is 10.7 Å². The van der Waals surface area contributed by atoms with E-state index in [2.05, 4.69) is 20.8 Å². The summed E-state index contributed by atoms with van der Waals surface area (Å²) in [7, 11) is 0. The predicted molar refractivity (Wildman–Crippen MR) is 106 cm³/mol. The van der Waals surface area contributed by atoms with Gasteiger partial charge in [0.25, 0.3) is 5.91 Å². The maximum absolute atomic E-state index is 12.3. The molecule has 3 rings (SSSR count). The highest BCUT2D eigenvalue weighted by atomic mass is 35.5. The fourth-order valence-corrected chi connectivity index (χ4v) is 3.40. The topological polar surface area (TPSA) is 86.6 Å². The molecule has 0 saturated heterocycles. The summed E-state index contributed by atoms with van der Waals surface area (Å²) in [5, 5.41) is 18.1. The molecule has 1 aromatic heterocycles. The van der Waals surface area contributed by atoms with Gasteiger partial charge in [-0.3, -0.25) is 4.79 Å². The van der Waals surface area contributed by atoms with Crippen molar-refractivity contribution in [2.24, 2.45) is 5.10 Å². The van der Waals surface area contributed by atoms with Crippen LogP contribution in [0.3, 0.4) is 0 Å². The first-order valence-corrected chi connectivity index (χ1v) is 9.08. The van der Waals surface area contributed by atoms with Crippen molar-refractivity contribution < 1.29 is 9.90 Å². The first-order valence-electron chi connectivity index (χ1n) is 7.89. The zero-order valence-electron chi connectivity index (χ0n) is 14.2. The largest absolute Gasteiger partial charge is 0.507 e. The van der Waals surface area contributed by atoms with Crippen molar-refractivity contribution in [3.05, 3.63) is 53.1 Å². The third-order valence-corrected chi connectivity index (χ3v) is 4.91. The molecule has 1 atom stereocenters. The second-order valence-electron chi connectivity index (χ2n) is 5.69. The van der Waals surface area contributed by atoms with Crippen LogP contribution in [-0.4, -0.2) is 27.8 Å². The third kappa shape index (κ3) is 4.12. The van der Waals surface area contributed by atoms with Crippen LogP contribution in [-0.2, 0) is 4.79 Å². The molecular weight excluding hydrogens is 372 g/mol. The molecule has 0 aliphatic heterocycles. The van der Waals surface area contributed by atoms with E-state index in [1.807, 2.05) is 24.3 Å². The molecule has 0 fully saturated rings. The molecule has 0 unspecified atom stereocenters. The van der Waals surface area contributed by atoms with E-state index < -0.39 is 6.04 Å². The van der Waals surface area contributed by atoms with E-state index in [-0.39, 0.29) is 11.7 Å². The van der Waals surface area contributed by atoms with E-state index in [0.29, 0.717) is 21.4 Å². The Morgan fingerprint density at radius 3 is 2.85 bits per heavy atom. The minimum absolute atomic E-state index is 0.0468. The first kappa shape index (κ1) is 18.2. The van der Waals surface area contributed by atoms with E-state index >= 15 is 0 Å². The molecular formula is C18H17ClN4O2S. The number of hydrogen-bond acceptors (Lipinski definition) is 6. The van der Waals surface area contributed by atoms with Gasteiger partial charge in [-0.2, -0.15) is 5.10 Å². The summed E-state index contributed by atoms with van der Waals surface area (Å²) in [5.41, 5.74) is 4.29. The Bertz CT molecular complexity index is 953. The maximum Gasteiger partial charge on any atom is 0.262 e. The lowest BCUT2D eigenvalue weighted by atomic mass is 10.1. The van der Waals surface area contributed by atoms with Gasteiger partial charge in [0, 0.05) is 10.6 Å². The highest BCUT2D eigenvalue weighted by Crippen LogP contribution is 2.26. The monoisotopic (exact) mass is 388 g/mol. The van der Waals surface area contributed by atoms with Crippen LogP contribution in [0.5, 0.6) is 5.75 Å². The number of carbonyl (C=O) groups is 1. The number of hydrogen-bond donors (Lipinski definition) is 3. The van der Waals surface area contributed by atoms with Gasteiger partial charge >= 0.3 is 0 Å². The zero-order valence-corrected chi connectivity index (χ0v) is 15.7. The van der Waals surface area contributed by atoms with Crippen LogP contribution in [0.2, 0.25) is 5.02 Å². The number of thiazole rings is 1. The summed E-state index contributed by atoms with van der Waals surface area (Å²) in [6.45, 7) is 3.40. The molecule has 26 heavy (non-hydrogen) atoms. The van der Waals surface area contributed by atoms with Gasteiger partial charge < -0.3 is 10.4 Å². The van der Waals surface area contributed by atoms with Crippen molar-refractivity contribution >= 4 is 49.9 Å². The summed E-state index contributed by atoms with van der Waals surface area (Å²) < 4.78 is 1.05. The number of benzene rings is 2. The summed E-state index contributed by atoms with van der Waals surface area (Å²) >= 11 is 7.41. The summed E-state index contributed by atoms with van der Waals surface area (Å²) in [4.78, 5) is 16.7. The Labute approximate surface area is 159 Å². The van der Waals surface area contributed by atoms with Gasteiger partial charge in [0.15, 0.2) is 5.13 Å². The van der Waals surface area contributed by atoms with Crippen molar-refractivity contribution in [3.63, 3.8) is 0 Å². The van der Waals surface area contributed by atoms with Crippen molar-refractivity contribution in [1.29, 1.82) is 0 Å². The molecule has 134 valence electrons. The number of phenols is 1. The molecule has 0 aliphatic carbocycles. The molecule has 8 heteroatoms. The Balaban J connectivity index is 1.66. The molecule has 6 nitrogen and oxygen atoms in total. The summed E-state index contributed by atoms with van der Waals surface area (Å²) in [6.07, 6.45) is 0. The molecule has 2 aromatic carbocycles. The first-order chi connectivity index (χ1) is 12.4. The lowest BCUT2D eigenvalue weighted by Crippen LogP contribution is -2.35. The number of carbonyl (C=O) groups excluding carboxylic acids is 1. The standard InChI is InChI=1S/C18H17ClN4O2S/c1-10(13-9-12(19)7-8-15(13)24)22-23-17(25)11(2)20-18-21-14-5-3-4-6-16(14)26-18/h3-9,11,24H,1-2H3,(H,20,21)(H,23,25)/b22-10+/t11-/m0/s1. The Morgan fingerprint density at radius 1 is 1.31 bits per heavy atom. The van der Waals surface area contributed by atoms with Gasteiger partial charge in [0.1, 0.15) is 11.8 Å². The van der Waals surface area contributed by atoms with E-state index in [1.165, 1.54) is 17.4 Å². The number of nitrogens with zero attached hydrogens (tertiary/aromatic N) is 2.